The number of nitrogens with zero attached hydrogens (tertiary/aromatic N) is 1. The van der Waals surface area contributed by atoms with Gasteiger partial charge in [-0.1, -0.05) is 17.7 Å². The molecule has 1 rings (SSSR count). The van der Waals surface area contributed by atoms with Crippen molar-refractivity contribution < 1.29 is 4.39 Å². The van der Waals surface area contributed by atoms with Crippen molar-refractivity contribution in [1.82, 2.24) is 4.90 Å². The summed E-state index contributed by atoms with van der Waals surface area (Å²) in [6.07, 6.45) is 0. The third kappa shape index (κ3) is 3.12. The van der Waals surface area contributed by atoms with Gasteiger partial charge in [0.05, 0.1) is 0 Å². The second-order valence-electron chi connectivity index (χ2n) is 3.13. The van der Waals surface area contributed by atoms with Crippen LogP contribution in [0.1, 0.15) is 5.56 Å². The number of hydrogen-bond acceptors (Lipinski definition) is 1. The lowest BCUT2D eigenvalue weighted by Gasteiger charge is -2.16. The minimum atomic E-state index is -0.265. The summed E-state index contributed by atoms with van der Waals surface area (Å²) in [5.74, 6) is 0.265. The number of halogens is 3. The highest BCUT2D eigenvalue weighted by Crippen LogP contribution is 2.20. The molecule has 0 amide bonds. The maximum atomic E-state index is 13.3. The molecule has 0 unspecified atom stereocenters. The average Bonchev–Trinajstić information content (AvgIpc) is 2.12. The van der Waals surface area contributed by atoms with Gasteiger partial charge in [-0.3, -0.25) is 0 Å². The fourth-order valence-electron chi connectivity index (χ4n) is 1.18. The third-order valence-corrected chi connectivity index (χ3v) is 2.48. The molecule has 0 bridgehead atoms. The maximum Gasteiger partial charge on any atom is 0.129 e. The van der Waals surface area contributed by atoms with E-state index in [1.54, 1.807) is 12.1 Å². The lowest BCUT2D eigenvalue weighted by atomic mass is 10.2. The van der Waals surface area contributed by atoms with Crippen molar-refractivity contribution in [3.8, 4) is 0 Å². The van der Waals surface area contributed by atoms with Gasteiger partial charge in [0, 0.05) is 29.6 Å². The highest BCUT2D eigenvalue weighted by molar-refractivity contribution is 6.31. The largest absolute Gasteiger partial charge is 0.301 e. The first-order valence-corrected chi connectivity index (χ1v) is 5.23. The second kappa shape index (κ2) is 5.54. The molecule has 0 aromatic heterocycles. The van der Waals surface area contributed by atoms with Gasteiger partial charge < -0.3 is 4.90 Å². The topological polar surface area (TPSA) is 3.24 Å². The summed E-state index contributed by atoms with van der Waals surface area (Å²) < 4.78 is 13.3. The lowest BCUT2D eigenvalue weighted by molar-refractivity contribution is 0.341. The summed E-state index contributed by atoms with van der Waals surface area (Å²) in [5.41, 5.74) is 0.529. The molecule has 0 radical (unpaired) electrons. The smallest absolute Gasteiger partial charge is 0.129 e. The Kier molecular flexibility index (Phi) is 4.66. The minimum Gasteiger partial charge on any atom is -0.301 e. The highest BCUT2D eigenvalue weighted by atomic mass is 35.5. The molecule has 0 atom stereocenters. The number of benzene rings is 1. The summed E-state index contributed by atoms with van der Waals surface area (Å²) in [6, 6.07) is 4.70. The molecule has 0 N–H and O–H groups in total. The van der Waals surface area contributed by atoms with Crippen LogP contribution in [0.4, 0.5) is 4.39 Å². The second-order valence-corrected chi connectivity index (χ2v) is 3.91. The molecule has 0 aliphatic rings. The summed E-state index contributed by atoms with van der Waals surface area (Å²) in [4.78, 5) is 1.93. The van der Waals surface area contributed by atoms with Gasteiger partial charge in [-0.15, -0.1) is 11.6 Å². The number of hydrogen-bond donors (Lipinski definition) is 0. The molecular formula is C10H12Cl2FN. The van der Waals surface area contributed by atoms with Crippen molar-refractivity contribution in [3.63, 3.8) is 0 Å². The Balaban J connectivity index is 2.75. The molecule has 4 heteroatoms. The molecule has 1 aromatic carbocycles. The summed E-state index contributed by atoms with van der Waals surface area (Å²) in [7, 11) is 1.88. The first-order valence-electron chi connectivity index (χ1n) is 4.32. The monoisotopic (exact) mass is 235 g/mol. The van der Waals surface area contributed by atoms with Gasteiger partial charge in [-0.05, 0) is 19.2 Å². The molecule has 1 nitrogen and oxygen atoms in total. The predicted molar refractivity (Wildman–Crippen MR) is 58.5 cm³/mol. The van der Waals surface area contributed by atoms with Gasteiger partial charge in [-0.25, -0.2) is 4.39 Å². The van der Waals surface area contributed by atoms with E-state index in [0.717, 1.165) is 0 Å². The van der Waals surface area contributed by atoms with E-state index in [4.69, 9.17) is 23.2 Å². The predicted octanol–water partition coefficient (Wildman–Crippen LogP) is 3.15. The van der Waals surface area contributed by atoms with Gasteiger partial charge in [0.15, 0.2) is 0 Å². The molecule has 14 heavy (non-hydrogen) atoms. The molecule has 78 valence electrons. The minimum absolute atomic E-state index is 0.265. The molecule has 0 saturated heterocycles. The van der Waals surface area contributed by atoms with E-state index in [-0.39, 0.29) is 5.82 Å². The number of alkyl halides is 1. The van der Waals surface area contributed by atoms with Crippen LogP contribution >= 0.6 is 23.2 Å². The number of rotatable bonds is 4. The van der Waals surface area contributed by atoms with Crippen molar-refractivity contribution in [2.75, 3.05) is 19.5 Å². The van der Waals surface area contributed by atoms with Gasteiger partial charge in [0.1, 0.15) is 5.82 Å². The van der Waals surface area contributed by atoms with Crippen LogP contribution in [0.25, 0.3) is 0 Å². The Morgan fingerprint density at radius 1 is 1.43 bits per heavy atom. The van der Waals surface area contributed by atoms with Gasteiger partial charge in [0.25, 0.3) is 0 Å². The first-order chi connectivity index (χ1) is 6.65. The molecule has 0 heterocycles. The van der Waals surface area contributed by atoms with E-state index in [1.165, 1.54) is 6.07 Å². The Labute approximate surface area is 93.4 Å². The quantitative estimate of drug-likeness (QED) is 0.726. The molecule has 0 saturated carbocycles. The highest BCUT2D eigenvalue weighted by Gasteiger charge is 2.08. The zero-order valence-corrected chi connectivity index (χ0v) is 9.45. The van der Waals surface area contributed by atoms with E-state index in [0.29, 0.717) is 29.6 Å². The maximum absolute atomic E-state index is 13.3. The fourth-order valence-corrected chi connectivity index (χ4v) is 1.69. The zero-order chi connectivity index (χ0) is 10.6. The van der Waals surface area contributed by atoms with Crippen LogP contribution in [0, 0.1) is 5.82 Å². The van der Waals surface area contributed by atoms with Crippen LogP contribution in [-0.2, 0) is 6.54 Å². The molecular weight excluding hydrogens is 224 g/mol. The van der Waals surface area contributed by atoms with Crippen molar-refractivity contribution in [2.24, 2.45) is 0 Å². The Morgan fingerprint density at radius 3 is 2.71 bits per heavy atom. The van der Waals surface area contributed by atoms with Crippen LogP contribution in [0.15, 0.2) is 18.2 Å². The van der Waals surface area contributed by atoms with E-state index >= 15 is 0 Å². The van der Waals surface area contributed by atoms with Crippen molar-refractivity contribution in [1.29, 1.82) is 0 Å². The lowest BCUT2D eigenvalue weighted by Crippen LogP contribution is -2.20. The third-order valence-electron chi connectivity index (χ3n) is 1.96. The van der Waals surface area contributed by atoms with E-state index in [2.05, 4.69) is 0 Å². The summed E-state index contributed by atoms with van der Waals surface area (Å²) in [5, 5.41) is 0.464. The summed E-state index contributed by atoms with van der Waals surface area (Å²) in [6.45, 7) is 1.20. The van der Waals surface area contributed by atoms with Crippen molar-refractivity contribution in [3.05, 3.63) is 34.6 Å². The van der Waals surface area contributed by atoms with Crippen LogP contribution in [0.3, 0.4) is 0 Å². The zero-order valence-electron chi connectivity index (χ0n) is 7.93. The van der Waals surface area contributed by atoms with Crippen molar-refractivity contribution in [2.45, 2.75) is 6.54 Å². The van der Waals surface area contributed by atoms with Crippen molar-refractivity contribution >= 4 is 23.2 Å². The van der Waals surface area contributed by atoms with Gasteiger partial charge in [-0.2, -0.15) is 0 Å². The van der Waals surface area contributed by atoms with E-state index < -0.39 is 0 Å². The van der Waals surface area contributed by atoms with Gasteiger partial charge in [0.2, 0.25) is 0 Å². The first kappa shape index (κ1) is 11.8. The summed E-state index contributed by atoms with van der Waals surface area (Å²) >= 11 is 11.4. The molecule has 1 aromatic rings. The fraction of sp³-hybridized carbons (Fsp3) is 0.400. The average molecular weight is 236 g/mol. The normalized spacial score (nSPS) is 10.9. The molecule has 0 spiro atoms. The molecule has 0 aliphatic carbocycles. The molecule has 0 fully saturated rings. The SMILES string of the molecule is CN(CCCl)Cc1c(F)cccc1Cl. The van der Waals surface area contributed by atoms with Crippen LogP contribution < -0.4 is 0 Å². The Hall–Kier alpha value is -0.310. The van der Waals surface area contributed by atoms with E-state index in [9.17, 15) is 4.39 Å². The van der Waals surface area contributed by atoms with Crippen LogP contribution in [0.5, 0.6) is 0 Å². The Bertz CT molecular complexity index is 284. The standard InChI is InChI=1S/C10H12Cl2FN/c1-14(6-5-11)7-8-9(12)3-2-4-10(8)13/h2-4H,5-7H2,1H3. The Morgan fingerprint density at radius 2 is 2.14 bits per heavy atom. The van der Waals surface area contributed by atoms with Crippen LogP contribution in [0.2, 0.25) is 5.02 Å². The molecule has 0 aliphatic heterocycles. The van der Waals surface area contributed by atoms with E-state index in [1.807, 2.05) is 11.9 Å². The van der Waals surface area contributed by atoms with Crippen LogP contribution in [-0.4, -0.2) is 24.4 Å². The van der Waals surface area contributed by atoms with Gasteiger partial charge >= 0.3 is 0 Å².